The van der Waals surface area contributed by atoms with E-state index in [4.69, 9.17) is 0 Å². The Bertz CT molecular complexity index is 125. The van der Waals surface area contributed by atoms with Crippen LogP contribution >= 0.6 is 23.7 Å². The highest BCUT2D eigenvalue weighted by molar-refractivity contribution is 7.07. The number of hydrogen-bond acceptors (Lipinski definition) is 4. The smallest absolute Gasteiger partial charge is 0.0791 e. The summed E-state index contributed by atoms with van der Waals surface area (Å²) in [5.41, 5.74) is 1.79. The van der Waals surface area contributed by atoms with E-state index in [-0.39, 0.29) is 12.4 Å². The van der Waals surface area contributed by atoms with Crippen LogP contribution in [0.15, 0.2) is 17.1 Å². The van der Waals surface area contributed by atoms with Crippen LogP contribution in [0.4, 0.5) is 0 Å². The van der Waals surface area contributed by atoms with Crippen LogP contribution in [0.1, 0.15) is 0 Å². The molecule has 2 N–H and O–H groups in total. The summed E-state index contributed by atoms with van der Waals surface area (Å²) in [6.45, 7) is 4.56. The van der Waals surface area contributed by atoms with Crippen molar-refractivity contribution in [3.05, 3.63) is 17.1 Å². The van der Waals surface area contributed by atoms with Crippen molar-refractivity contribution in [2.45, 2.75) is 0 Å². The van der Waals surface area contributed by atoms with Crippen molar-refractivity contribution in [3.63, 3.8) is 0 Å². The van der Waals surface area contributed by atoms with E-state index in [2.05, 4.69) is 15.6 Å². The summed E-state index contributed by atoms with van der Waals surface area (Å²) in [5.74, 6) is 0. The first-order valence-corrected chi connectivity index (χ1v) is 4.68. The number of rotatable bonds is 0. The Morgan fingerprint density at radius 2 is 1.67 bits per heavy atom. The second-order valence-corrected chi connectivity index (χ2v) is 2.93. The van der Waals surface area contributed by atoms with E-state index in [0.717, 1.165) is 26.2 Å². The lowest BCUT2D eigenvalue weighted by atomic mass is 10.4. The Hall–Kier alpha value is -0.160. The molecule has 0 amide bonds. The first-order valence-electron chi connectivity index (χ1n) is 3.74. The molecule has 1 aliphatic heterocycles. The monoisotopic (exact) mass is 207 g/mol. The van der Waals surface area contributed by atoms with Gasteiger partial charge in [-0.2, -0.15) is 0 Å². The summed E-state index contributed by atoms with van der Waals surface area (Å²) < 4.78 is 0. The Morgan fingerprint density at radius 3 is 1.83 bits per heavy atom. The van der Waals surface area contributed by atoms with Gasteiger partial charge in [-0.15, -0.1) is 23.7 Å². The van der Waals surface area contributed by atoms with Gasteiger partial charge in [-0.1, -0.05) is 0 Å². The minimum atomic E-state index is 0. The van der Waals surface area contributed by atoms with Gasteiger partial charge in [0.2, 0.25) is 0 Å². The summed E-state index contributed by atoms with van der Waals surface area (Å²) in [5, 5.41) is 8.38. The van der Waals surface area contributed by atoms with Crippen molar-refractivity contribution in [1.82, 2.24) is 15.6 Å². The van der Waals surface area contributed by atoms with Gasteiger partial charge in [-0.25, -0.2) is 0 Å². The minimum absolute atomic E-state index is 0. The van der Waals surface area contributed by atoms with Crippen molar-refractivity contribution >= 4 is 23.7 Å². The minimum Gasteiger partial charge on any atom is -0.314 e. The zero-order valence-electron chi connectivity index (χ0n) is 6.82. The predicted molar refractivity (Wildman–Crippen MR) is 55.1 cm³/mol. The molecular formula is C7H14ClN3S. The van der Waals surface area contributed by atoms with Crippen LogP contribution in [0, 0.1) is 0 Å². The average molecular weight is 208 g/mol. The maximum atomic E-state index is 3.74. The molecule has 0 unspecified atom stereocenters. The fourth-order valence-corrected chi connectivity index (χ4v) is 1.13. The molecule has 1 aromatic heterocycles. The molecule has 2 heterocycles. The van der Waals surface area contributed by atoms with Crippen molar-refractivity contribution in [2.75, 3.05) is 26.2 Å². The molecule has 0 atom stereocenters. The van der Waals surface area contributed by atoms with Crippen LogP contribution in [0.5, 0.6) is 0 Å². The first kappa shape index (κ1) is 11.8. The van der Waals surface area contributed by atoms with Crippen molar-refractivity contribution < 1.29 is 0 Å². The number of aromatic nitrogens is 1. The highest BCUT2D eigenvalue weighted by Crippen LogP contribution is 1.85. The number of thiazole rings is 1. The van der Waals surface area contributed by atoms with Gasteiger partial charge in [-0.05, 0) is 0 Å². The van der Waals surface area contributed by atoms with Crippen LogP contribution in [0.25, 0.3) is 0 Å². The van der Waals surface area contributed by atoms with Gasteiger partial charge < -0.3 is 10.6 Å². The molecule has 0 aromatic carbocycles. The molecule has 1 aromatic rings. The highest BCUT2D eigenvalue weighted by atomic mass is 35.5. The van der Waals surface area contributed by atoms with E-state index in [0.29, 0.717) is 0 Å². The van der Waals surface area contributed by atoms with E-state index in [1.807, 2.05) is 5.38 Å². The fourth-order valence-electron chi connectivity index (χ4n) is 0.779. The van der Waals surface area contributed by atoms with E-state index in [1.165, 1.54) is 0 Å². The molecule has 2 rings (SSSR count). The van der Waals surface area contributed by atoms with Gasteiger partial charge in [0.25, 0.3) is 0 Å². The average Bonchev–Trinajstić information content (AvgIpc) is 2.64. The molecule has 70 valence electrons. The molecule has 1 fully saturated rings. The quantitative estimate of drug-likeness (QED) is 0.659. The second-order valence-electron chi connectivity index (χ2n) is 2.18. The van der Waals surface area contributed by atoms with Crippen LogP contribution in [0.3, 0.4) is 0 Å². The summed E-state index contributed by atoms with van der Waals surface area (Å²) >= 11 is 1.60. The van der Waals surface area contributed by atoms with Gasteiger partial charge >= 0.3 is 0 Å². The largest absolute Gasteiger partial charge is 0.314 e. The number of nitrogens with zero attached hydrogens (tertiary/aromatic N) is 1. The van der Waals surface area contributed by atoms with Crippen molar-refractivity contribution in [2.24, 2.45) is 0 Å². The molecule has 0 bridgehead atoms. The topological polar surface area (TPSA) is 37.0 Å². The molecule has 5 heteroatoms. The summed E-state index contributed by atoms with van der Waals surface area (Å²) in [6, 6.07) is 0. The summed E-state index contributed by atoms with van der Waals surface area (Å²) in [7, 11) is 0. The number of piperazine rings is 1. The Morgan fingerprint density at radius 1 is 1.08 bits per heavy atom. The van der Waals surface area contributed by atoms with Crippen molar-refractivity contribution in [3.8, 4) is 0 Å². The summed E-state index contributed by atoms with van der Waals surface area (Å²) in [6.07, 6.45) is 1.77. The normalized spacial score (nSPS) is 15.3. The number of nitrogens with one attached hydrogen (secondary N) is 2. The number of halogens is 1. The Balaban J connectivity index is 0.000000189. The van der Waals surface area contributed by atoms with Gasteiger partial charge in [0.1, 0.15) is 0 Å². The second kappa shape index (κ2) is 8.93. The lowest BCUT2D eigenvalue weighted by Crippen LogP contribution is -2.39. The zero-order chi connectivity index (χ0) is 7.78. The third-order valence-electron chi connectivity index (χ3n) is 1.30. The molecule has 3 nitrogen and oxygen atoms in total. The first-order chi connectivity index (χ1) is 5.50. The van der Waals surface area contributed by atoms with E-state index in [1.54, 1.807) is 23.0 Å². The predicted octanol–water partition coefficient (Wildman–Crippen LogP) is 0.744. The maximum absolute atomic E-state index is 3.74. The zero-order valence-corrected chi connectivity index (χ0v) is 8.46. The standard InChI is InChI=1S/C4H10N2.C3H3NS.ClH/c1-2-6-4-3-5-1;1-2-5-3-4-1;/h5-6H,1-4H2;1-3H;1H. The van der Waals surface area contributed by atoms with Crippen LogP contribution in [-0.2, 0) is 0 Å². The van der Waals surface area contributed by atoms with Crippen LogP contribution in [0.2, 0.25) is 0 Å². The lowest BCUT2D eigenvalue weighted by Gasteiger charge is -2.11. The van der Waals surface area contributed by atoms with Gasteiger partial charge in [0, 0.05) is 37.8 Å². The fraction of sp³-hybridized carbons (Fsp3) is 0.571. The SMILES string of the molecule is C1CNCCN1.Cl.c1cscn1. The molecular weight excluding hydrogens is 194 g/mol. The van der Waals surface area contributed by atoms with Crippen molar-refractivity contribution in [1.29, 1.82) is 0 Å². The van der Waals surface area contributed by atoms with Crippen LogP contribution < -0.4 is 10.6 Å². The Labute approximate surface area is 83.0 Å². The van der Waals surface area contributed by atoms with E-state index >= 15 is 0 Å². The van der Waals surface area contributed by atoms with Gasteiger partial charge in [-0.3, -0.25) is 4.98 Å². The molecule has 1 aliphatic rings. The highest BCUT2D eigenvalue weighted by Gasteiger charge is 1.91. The molecule has 0 radical (unpaired) electrons. The molecule has 0 saturated carbocycles. The van der Waals surface area contributed by atoms with Gasteiger partial charge in [0.15, 0.2) is 0 Å². The maximum Gasteiger partial charge on any atom is 0.0791 e. The number of hydrogen-bond donors (Lipinski definition) is 2. The lowest BCUT2D eigenvalue weighted by molar-refractivity contribution is 0.534. The molecule has 12 heavy (non-hydrogen) atoms. The molecule has 1 saturated heterocycles. The Kier molecular flexibility index (Phi) is 8.81. The molecule has 0 aliphatic carbocycles. The van der Waals surface area contributed by atoms with E-state index < -0.39 is 0 Å². The molecule has 0 spiro atoms. The van der Waals surface area contributed by atoms with E-state index in [9.17, 15) is 0 Å². The van der Waals surface area contributed by atoms with Crippen LogP contribution in [-0.4, -0.2) is 31.2 Å². The van der Waals surface area contributed by atoms with Gasteiger partial charge in [0.05, 0.1) is 5.51 Å². The summed E-state index contributed by atoms with van der Waals surface area (Å²) in [4.78, 5) is 3.74. The third-order valence-corrected chi connectivity index (χ3v) is 1.83. The third kappa shape index (κ3) is 6.54.